The molecule has 0 aromatic heterocycles. The Morgan fingerprint density at radius 2 is 0.500 bits per heavy atom. The topological polar surface area (TPSA) is 237 Å². The van der Waals surface area contributed by atoms with Gasteiger partial charge in [0.05, 0.1) is 26.4 Å². The predicted molar refractivity (Wildman–Crippen MR) is 391 cm³/mol. The number of aliphatic hydroxyl groups excluding tert-OH is 1. The molecule has 0 saturated carbocycles. The van der Waals surface area contributed by atoms with Crippen LogP contribution in [0, 0.1) is 23.7 Å². The normalized spacial score (nSPS) is 14.7. The lowest BCUT2D eigenvalue weighted by Gasteiger charge is -2.21. The minimum Gasteiger partial charge on any atom is -0.462 e. The first-order valence-electron chi connectivity index (χ1n) is 39.8. The molecule has 0 spiro atoms. The van der Waals surface area contributed by atoms with Gasteiger partial charge in [-0.1, -0.05) is 338 Å². The quantitative estimate of drug-likeness (QED) is 0.0222. The standard InChI is InChI=1S/C77H150O17P2/c1-9-69(7)55-47-39-31-27-28-32-41-49-57-74(79)87-63-72(93-77(82)60-52-44-34-26-22-21-24-30-38-46-54-68(5)6)65-91-95(83,84)89-61-71(78)62-90-96(85,86)92-66-73(64-88-75(80)58-50-42-36-35-40-48-56-70(8)10-2)94-76(81)59-51-43-33-25-20-18-16-14-12-11-13-15-17-19-23-29-37-45-53-67(3)4/h67-73,78H,9-66H2,1-8H3,(H,83,84)(H,85,86)/t69?,70?,71-,72-,73-/m1/s1. The Balaban J connectivity index is 5.20. The SMILES string of the molecule is CCC(C)CCCCCCCCCCC(=O)OC[C@H](COP(=O)(O)OC[C@@H](O)COP(=O)(O)OC[C@@H](COC(=O)CCCCCCCCC(C)CC)OC(=O)CCCCCCCCCCCCCCCCCCCCC(C)C)OC(=O)CCCCCCCCCCCCC(C)C. The van der Waals surface area contributed by atoms with E-state index in [9.17, 15) is 43.2 Å². The van der Waals surface area contributed by atoms with Crippen molar-refractivity contribution >= 4 is 39.5 Å². The van der Waals surface area contributed by atoms with Crippen molar-refractivity contribution in [3.63, 3.8) is 0 Å². The van der Waals surface area contributed by atoms with Crippen LogP contribution in [0.2, 0.25) is 0 Å². The summed E-state index contributed by atoms with van der Waals surface area (Å²) in [5.41, 5.74) is 0. The number of unbranched alkanes of at least 4 members (excludes halogenated alkanes) is 38. The molecule has 0 aliphatic heterocycles. The zero-order valence-electron chi connectivity index (χ0n) is 63.0. The second-order valence-electron chi connectivity index (χ2n) is 29.2. The molecule has 96 heavy (non-hydrogen) atoms. The summed E-state index contributed by atoms with van der Waals surface area (Å²) in [5.74, 6) is 0.959. The number of phosphoric acid groups is 2. The van der Waals surface area contributed by atoms with Gasteiger partial charge in [0, 0.05) is 25.7 Å². The molecule has 570 valence electrons. The summed E-state index contributed by atoms with van der Waals surface area (Å²) in [4.78, 5) is 72.8. The van der Waals surface area contributed by atoms with Gasteiger partial charge in [0.15, 0.2) is 12.2 Å². The Morgan fingerprint density at radius 3 is 0.740 bits per heavy atom. The van der Waals surface area contributed by atoms with E-state index in [1.807, 2.05) is 0 Å². The third-order valence-corrected chi connectivity index (χ3v) is 20.4. The van der Waals surface area contributed by atoms with E-state index < -0.39 is 97.5 Å². The lowest BCUT2D eigenvalue weighted by molar-refractivity contribution is -0.161. The third kappa shape index (κ3) is 67.9. The van der Waals surface area contributed by atoms with Crippen LogP contribution in [-0.2, 0) is 65.4 Å². The van der Waals surface area contributed by atoms with E-state index in [0.717, 1.165) is 120 Å². The maximum absolute atomic E-state index is 13.1. The fourth-order valence-electron chi connectivity index (χ4n) is 11.7. The van der Waals surface area contributed by atoms with Crippen LogP contribution in [0.25, 0.3) is 0 Å². The first-order chi connectivity index (χ1) is 46.2. The monoisotopic (exact) mass is 1410 g/mol. The van der Waals surface area contributed by atoms with E-state index in [4.69, 9.17) is 37.0 Å². The lowest BCUT2D eigenvalue weighted by atomic mass is 9.99. The van der Waals surface area contributed by atoms with Crippen LogP contribution in [0.5, 0.6) is 0 Å². The van der Waals surface area contributed by atoms with E-state index in [1.165, 1.54) is 186 Å². The van der Waals surface area contributed by atoms with Gasteiger partial charge in [0.1, 0.15) is 19.3 Å². The average molecular weight is 1410 g/mol. The summed E-state index contributed by atoms with van der Waals surface area (Å²) in [6.07, 6.45) is 51.4. The van der Waals surface area contributed by atoms with E-state index >= 15 is 0 Å². The predicted octanol–water partition coefficient (Wildman–Crippen LogP) is 22.4. The van der Waals surface area contributed by atoms with Crippen molar-refractivity contribution in [1.82, 2.24) is 0 Å². The van der Waals surface area contributed by atoms with Crippen molar-refractivity contribution in [2.24, 2.45) is 23.7 Å². The van der Waals surface area contributed by atoms with E-state index in [2.05, 4.69) is 55.4 Å². The second kappa shape index (κ2) is 66.3. The molecule has 0 heterocycles. The minimum atomic E-state index is -4.96. The number of carbonyl (C=O) groups is 4. The summed E-state index contributed by atoms with van der Waals surface area (Å²) < 4.78 is 68.5. The molecule has 0 saturated heterocycles. The molecule has 19 heteroatoms. The van der Waals surface area contributed by atoms with Crippen LogP contribution in [0.1, 0.15) is 389 Å². The number of hydrogen-bond donors (Lipinski definition) is 3. The highest BCUT2D eigenvalue weighted by Gasteiger charge is 2.30. The van der Waals surface area contributed by atoms with Crippen molar-refractivity contribution in [3.8, 4) is 0 Å². The molecule has 17 nitrogen and oxygen atoms in total. The number of hydrogen-bond acceptors (Lipinski definition) is 15. The summed E-state index contributed by atoms with van der Waals surface area (Å²) in [5, 5.41) is 10.6. The van der Waals surface area contributed by atoms with E-state index in [1.54, 1.807) is 0 Å². The van der Waals surface area contributed by atoms with Crippen LogP contribution >= 0.6 is 15.6 Å². The molecule has 0 bridgehead atoms. The first kappa shape index (κ1) is 94.1. The number of carbonyl (C=O) groups excluding carboxylic acids is 4. The molecule has 0 aliphatic carbocycles. The first-order valence-corrected chi connectivity index (χ1v) is 42.8. The Morgan fingerprint density at radius 1 is 0.292 bits per heavy atom. The van der Waals surface area contributed by atoms with Crippen molar-refractivity contribution in [1.29, 1.82) is 0 Å². The number of rotatable bonds is 74. The molecule has 7 atom stereocenters. The largest absolute Gasteiger partial charge is 0.472 e. The van der Waals surface area contributed by atoms with Crippen molar-refractivity contribution in [2.45, 2.75) is 408 Å². The Labute approximate surface area is 588 Å². The van der Waals surface area contributed by atoms with Gasteiger partial charge in [-0.15, -0.1) is 0 Å². The second-order valence-corrected chi connectivity index (χ2v) is 32.1. The molecule has 0 fully saturated rings. The average Bonchev–Trinajstić information content (AvgIpc) is 1.10. The minimum absolute atomic E-state index is 0.105. The van der Waals surface area contributed by atoms with Crippen LogP contribution in [0.15, 0.2) is 0 Å². The number of aliphatic hydroxyl groups is 1. The van der Waals surface area contributed by atoms with Gasteiger partial charge in [0.2, 0.25) is 0 Å². The molecule has 0 radical (unpaired) electrons. The molecule has 4 unspecified atom stereocenters. The lowest BCUT2D eigenvalue weighted by Crippen LogP contribution is -2.30. The Kier molecular flexibility index (Phi) is 65.0. The van der Waals surface area contributed by atoms with Gasteiger partial charge in [-0.2, -0.15) is 0 Å². The Hall–Kier alpha value is -1.94. The highest BCUT2D eigenvalue weighted by molar-refractivity contribution is 7.47. The highest BCUT2D eigenvalue weighted by Crippen LogP contribution is 2.45. The fourth-order valence-corrected chi connectivity index (χ4v) is 13.2. The van der Waals surface area contributed by atoms with Gasteiger partial charge < -0.3 is 33.8 Å². The van der Waals surface area contributed by atoms with Crippen molar-refractivity contribution in [3.05, 3.63) is 0 Å². The fraction of sp³-hybridized carbons (Fsp3) is 0.948. The van der Waals surface area contributed by atoms with Crippen molar-refractivity contribution in [2.75, 3.05) is 39.6 Å². The third-order valence-electron chi connectivity index (χ3n) is 18.5. The van der Waals surface area contributed by atoms with Crippen LogP contribution in [0.3, 0.4) is 0 Å². The van der Waals surface area contributed by atoms with Gasteiger partial charge in [-0.25, -0.2) is 9.13 Å². The Bertz CT molecular complexity index is 1890. The van der Waals surface area contributed by atoms with Gasteiger partial charge in [-0.3, -0.25) is 37.3 Å². The van der Waals surface area contributed by atoms with E-state index in [-0.39, 0.29) is 25.7 Å². The summed E-state index contributed by atoms with van der Waals surface area (Å²) in [7, 11) is -9.91. The maximum Gasteiger partial charge on any atom is 0.472 e. The number of phosphoric ester groups is 2. The zero-order chi connectivity index (χ0) is 71.0. The summed E-state index contributed by atoms with van der Waals surface area (Å²) in [6, 6.07) is 0. The highest BCUT2D eigenvalue weighted by atomic mass is 31.2. The molecular formula is C77H150O17P2. The van der Waals surface area contributed by atoms with Crippen LogP contribution < -0.4 is 0 Å². The maximum atomic E-state index is 13.1. The smallest absolute Gasteiger partial charge is 0.462 e. The summed E-state index contributed by atoms with van der Waals surface area (Å²) in [6.45, 7) is 14.2. The zero-order valence-corrected chi connectivity index (χ0v) is 64.8. The summed E-state index contributed by atoms with van der Waals surface area (Å²) >= 11 is 0. The van der Waals surface area contributed by atoms with Crippen LogP contribution in [-0.4, -0.2) is 96.7 Å². The van der Waals surface area contributed by atoms with Crippen LogP contribution in [0.4, 0.5) is 0 Å². The molecule has 0 aliphatic rings. The number of ether oxygens (including phenoxy) is 4. The molecule has 0 amide bonds. The molecule has 0 rings (SSSR count). The molecule has 0 aromatic rings. The number of esters is 4. The molecule has 3 N–H and O–H groups in total. The van der Waals surface area contributed by atoms with Gasteiger partial charge in [0.25, 0.3) is 0 Å². The molecular weight excluding hydrogens is 1260 g/mol. The van der Waals surface area contributed by atoms with Gasteiger partial charge in [-0.05, 0) is 49.4 Å². The van der Waals surface area contributed by atoms with Gasteiger partial charge >= 0.3 is 39.5 Å². The molecule has 0 aromatic carbocycles. The van der Waals surface area contributed by atoms with E-state index in [0.29, 0.717) is 25.7 Å². The van der Waals surface area contributed by atoms with Crippen molar-refractivity contribution < 1.29 is 80.2 Å².